The van der Waals surface area contributed by atoms with E-state index in [0.717, 1.165) is 10.6 Å². The Bertz CT molecular complexity index is 541. The second-order valence-corrected chi connectivity index (χ2v) is 3.05. The summed E-state index contributed by atoms with van der Waals surface area (Å²) in [6.07, 6.45) is -2.13. The molecule has 0 atom stereocenters. The predicted molar refractivity (Wildman–Crippen MR) is 52.0 cm³/mol. The van der Waals surface area contributed by atoms with Gasteiger partial charge in [0.05, 0.1) is 11.7 Å². The zero-order valence-corrected chi connectivity index (χ0v) is 7.94. The fraction of sp³-hybridized carbons (Fsp3) is 0.111. The number of nitrogens with zero attached hydrogens (tertiary/aromatic N) is 3. The highest BCUT2D eigenvalue weighted by molar-refractivity contribution is 5.87. The number of hydrogen-bond donors (Lipinski definition) is 1. The summed E-state index contributed by atoms with van der Waals surface area (Å²) in [5, 5.41) is 3.18. The minimum atomic E-state index is -4.51. The van der Waals surface area contributed by atoms with E-state index in [2.05, 4.69) is 10.1 Å². The lowest BCUT2D eigenvalue weighted by atomic mass is 10.3. The van der Waals surface area contributed by atoms with Crippen molar-refractivity contribution in [2.45, 2.75) is 6.18 Å². The number of nitrogens with two attached hydrogens (primary N) is 1. The molecule has 0 unspecified atom stereocenters. The fourth-order valence-electron chi connectivity index (χ4n) is 1.43. The minimum Gasteiger partial charge on any atom is -0.323 e. The minimum absolute atomic E-state index is 0.0930. The molecule has 0 saturated carbocycles. The van der Waals surface area contributed by atoms with Crippen LogP contribution in [0.1, 0.15) is 11.5 Å². The zero-order chi connectivity index (χ0) is 11.8. The lowest BCUT2D eigenvalue weighted by molar-refractivity contribution is -0.145. The first-order valence-electron chi connectivity index (χ1n) is 4.31. The normalized spacial score (nSPS) is 12.7. The van der Waals surface area contributed by atoms with Crippen molar-refractivity contribution < 1.29 is 13.2 Å². The molecule has 0 spiro atoms. The molecule has 84 valence electrons. The molecule has 0 aliphatic heterocycles. The Morgan fingerprint density at radius 1 is 1.38 bits per heavy atom. The summed E-state index contributed by atoms with van der Waals surface area (Å²) >= 11 is 0. The Kier molecular flexibility index (Phi) is 2.30. The van der Waals surface area contributed by atoms with E-state index in [1.807, 2.05) is 0 Å². The van der Waals surface area contributed by atoms with Crippen molar-refractivity contribution in [3.8, 4) is 0 Å². The number of alkyl halides is 3. The lowest BCUT2D eigenvalue weighted by Gasteiger charge is -2.03. The van der Waals surface area contributed by atoms with E-state index in [1.165, 1.54) is 18.3 Å². The van der Waals surface area contributed by atoms with Crippen LogP contribution in [0.3, 0.4) is 0 Å². The molecular weight excluding hydrogens is 221 g/mol. The monoisotopic (exact) mass is 228 g/mol. The van der Waals surface area contributed by atoms with E-state index >= 15 is 0 Å². The highest BCUT2D eigenvalue weighted by Gasteiger charge is 2.36. The molecule has 0 aliphatic carbocycles. The quantitative estimate of drug-likeness (QED) is 0.458. The SMILES string of the molecule is N/N=C/c1nc(C(F)(F)F)n2ccccc12. The van der Waals surface area contributed by atoms with E-state index in [-0.39, 0.29) is 5.69 Å². The summed E-state index contributed by atoms with van der Waals surface area (Å²) < 4.78 is 38.8. The second-order valence-electron chi connectivity index (χ2n) is 3.05. The first-order chi connectivity index (χ1) is 7.54. The van der Waals surface area contributed by atoms with Gasteiger partial charge in [-0.3, -0.25) is 4.40 Å². The number of hydrazone groups is 1. The highest BCUT2D eigenvalue weighted by atomic mass is 19.4. The third-order valence-electron chi connectivity index (χ3n) is 2.03. The van der Waals surface area contributed by atoms with Crippen LogP contribution < -0.4 is 5.84 Å². The first-order valence-corrected chi connectivity index (χ1v) is 4.31. The van der Waals surface area contributed by atoms with Gasteiger partial charge in [0.25, 0.3) is 0 Å². The predicted octanol–water partition coefficient (Wildman–Crippen LogP) is 1.65. The zero-order valence-electron chi connectivity index (χ0n) is 7.94. The summed E-state index contributed by atoms with van der Waals surface area (Å²) in [5.41, 5.74) is 0.402. The van der Waals surface area contributed by atoms with Gasteiger partial charge in [0.2, 0.25) is 5.82 Å². The van der Waals surface area contributed by atoms with Crippen LogP contribution in [0.5, 0.6) is 0 Å². The number of imidazole rings is 1. The maximum absolute atomic E-state index is 12.6. The molecule has 2 rings (SSSR count). The smallest absolute Gasteiger partial charge is 0.323 e. The van der Waals surface area contributed by atoms with E-state index < -0.39 is 12.0 Å². The van der Waals surface area contributed by atoms with Gasteiger partial charge < -0.3 is 5.84 Å². The van der Waals surface area contributed by atoms with E-state index in [9.17, 15) is 13.2 Å². The maximum Gasteiger partial charge on any atom is 0.450 e. The van der Waals surface area contributed by atoms with Crippen molar-refractivity contribution >= 4 is 11.7 Å². The molecule has 0 aliphatic rings. The van der Waals surface area contributed by atoms with Crippen LogP contribution in [-0.4, -0.2) is 15.6 Å². The molecule has 0 bridgehead atoms. The largest absolute Gasteiger partial charge is 0.450 e. The molecule has 4 nitrogen and oxygen atoms in total. The topological polar surface area (TPSA) is 55.7 Å². The molecule has 2 aromatic heterocycles. The van der Waals surface area contributed by atoms with Crippen molar-refractivity contribution in [3.05, 3.63) is 35.9 Å². The molecule has 0 radical (unpaired) electrons. The molecule has 16 heavy (non-hydrogen) atoms. The number of halogens is 3. The van der Waals surface area contributed by atoms with Crippen molar-refractivity contribution in [2.24, 2.45) is 10.9 Å². The van der Waals surface area contributed by atoms with Gasteiger partial charge in [-0.15, -0.1) is 0 Å². The first kappa shape index (κ1) is 10.5. The standard InChI is InChI=1S/C9H7F3N4/c10-9(11,12)8-15-6(5-14-13)7-3-1-2-4-16(7)8/h1-5H,13H2/b14-5+. The van der Waals surface area contributed by atoms with Gasteiger partial charge in [-0.25, -0.2) is 4.98 Å². The molecule has 2 N–H and O–H groups in total. The van der Waals surface area contributed by atoms with Crippen molar-refractivity contribution in [3.63, 3.8) is 0 Å². The van der Waals surface area contributed by atoms with Gasteiger partial charge in [0.15, 0.2) is 0 Å². The molecule has 0 aromatic carbocycles. The van der Waals surface area contributed by atoms with Gasteiger partial charge in [0.1, 0.15) is 5.69 Å². The van der Waals surface area contributed by atoms with Crippen LogP contribution in [0.25, 0.3) is 5.52 Å². The molecular formula is C9H7F3N4. The summed E-state index contributed by atoms with van der Waals surface area (Å²) in [6.45, 7) is 0. The van der Waals surface area contributed by atoms with Crippen molar-refractivity contribution in [2.75, 3.05) is 0 Å². The van der Waals surface area contributed by atoms with Gasteiger partial charge in [-0.1, -0.05) is 6.07 Å². The maximum atomic E-state index is 12.6. The van der Waals surface area contributed by atoms with Gasteiger partial charge >= 0.3 is 6.18 Å². The van der Waals surface area contributed by atoms with Crippen LogP contribution in [0, 0.1) is 0 Å². The van der Waals surface area contributed by atoms with Crippen LogP contribution in [0.4, 0.5) is 13.2 Å². The molecule has 2 aromatic rings. The van der Waals surface area contributed by atoms with Gasteiger partial charge in [-0.05, 0) is 12.1 Å². The lowest BCUT2D eigenvalue weighted by Crippen LogP contribution is -2.10. The van der Waals surface area contributed by atoms with E-state index in [1.54, 1.807) is 6.07 Å². The average Bonchev–Trinajstić information content (AvgIpc) is 2.58. The molecule has 0 saturated heterocycles. The summed E-state index contributed by atoms with van der Waals surface area (Å²) in [5.74, 6) is 3.92. The fourth-order valence-corrected chi connectivity index (χ4v) is 1.43. The number of fused-ring (bicyclic) bond motifs is 1. The van der Waals surface area contributed by atoms with Crippen molar-refractivity contribution in [1.82, 2.24) is 9.38 Å². The summed E-state index contributed by atoms with van der Waals surface area (Å²) in [4.78, 5) is 3.46. The van der Waals surface area contributed by atoms with Crippen molar-refractivity contribution in [1.29, 1.82) is 0 Å². The summed E-state index contributed by atoms with van der Waals surface area (Å²) in [7, 11) is 0. The van der Waals surface area contributed by atoms with Gasteiger partial charge in [0, 0.05) is 6.20 Å². The van der Waals surface area contributed by atoms with Crippen LogP contribution in [0.2, 0.25) is 0 Å². The van der Waals surface area contributed by atoms with E-state index in [0.29, 0.717) is 5.52 Å². The van der Waals surface area contributed by atoms with Gasteiger partial charge in [-0.2, -0.15) is 18.3 Å². The Morgan fingerprint density at radius 2 is 2.12 bits per heavy atom. The number of pyridine rings is 1. The molecule has 0 fully saturated rings. The van der Waals surface area contributed by atoms with Crippen LogP contribution in [0.15, 0.2) is 29.5 Å². The Balaban J connectivity index is 2.77. The second kappa shape index (κ2) is 3.51. The number of rotatable bonds is 1. The molecule has 7 heteroatoms. The van der Waals surface area contributed by atoms with E-state index in [4.69, 9.17) is 5.84 Å². The van der Waals surface area contributed by atoms with Crippen LogP contribution in [-0.2, 0) is 6.18 Å². The molecule has 2 heterocycles. The number of aromatic nitrogens is 2. The summed E-state index contributed by atoms with van der Waals surface area (Å²) in [6, 6.07) is 4.62. The Morgan fingerprint density at radius 3 is 2.75 bits per heavy atom. The molecule has 0 amide bonds. The van der Waals surface area contributed by atoms with Crippen LogP contribution >= 0.6 is 0 Å². The highest BCUT2D eigenvalue weighted by Crippen LogP contribution is 2.29. The number of hydrogen-bond acceptors (Lipinski definition) is 3. The third-order valence-corrected chi connectivity index (χ3v) is 2.03. The third kappa shape index (κ3) is 1.60. The Hall–Kier alpha value is -2.05. The average molecular weight is 228 g/mol. The Labute approximate surface area is 88.2 Å².